The van der Waals surface area contributed by atoms with E-state index in [2.05, 4.69) is 31.3 Å². The number of alkyl halides is 3. The number of rotatable bonds is 4. The number of aryl methyl sites for hydroxylation is 1. The molecule has 0 spiro atoms. The zero-order chi connectivity index (χ0) is 20.2. The standard InChI is InChI=1S/C18H16BrF3N4OS/c1-8-3-6-11-12(7-8)28-17(23-11)24-16(27)9(2)26-14(10-4-5-10)13(19)15(25-26)18(20,21)22/h3,6-7,9-10H,4-5H2,1-2H3,(H,23,24,27). The number of carbonyl (C=O) groups excluding carboxylic acids is 1. The van der Waals surface area contributed by atoms with Gasteiger partial charge in [0.1, 0.15) is 6.04 Å². The molecule has 1 unspecified atom stereocenters. The fourth-order valence-electron chi connectivity index (χ4n) is 3.03. The molecule has 2 heterocycles. The van der Waals surface area contributed by atoms with E-state index in [4.69, 9.17) is 0 Å². The first-order valence-electron chi connectivity index (χ1n) is 8.68. The first-order valence-corrected chi connectivity index (χ1v) is 10.3. The van der Waals surface area contributed by atoms with Gasteiger partial charge in [0.2, 0.25) is 0 Å². The number of benzene rings is 1. The van der Waals surface area contributed by atoms with Crippen LogP contribution in [0.25, 0.3) is 10.2 Å². The van der Waals surface area contributed by atoms with E-state index in [1.807, 2.05) is 25.1 Å². The molecule has 0 saturated heterocycles. The molecule has 0 bridgehead atoms. The molecule has 4 rings (SSSR count). The summed E-state index contributed by atoms with van der Waals surface area (Å²) < 4.78 is 41.9. The lowest BCUT2D eigenvalue weighted by Crippen LogP contribution is -2.26. The Bertz CT molecular complexity index is 1070. The second-order valence-electron chi connectivity index (χ2n) is 6.92. The van der Waals surface area contributed by atoms with Crippen LogP contribution in [0.4, 0.5) is 18.3 Å². The highest BCUT2D eigenvalue weighted by atomic mass is 79.9. The molecule has 148 valence electrons. The summed E-state index contributed by atoms with van der Waals surface area (Å²) in [6, 6.07) is 4.86. The third-order valence-electron chi connectivity index (χ3n) is 4.64. The highest BCUT2D eigenvalue weighted by Gasteiger charge is 2.43. The number of fused-ring (bicyclic) bond motifs is 1. The summed E-state index contributed by atoms with van der Waals surface area (Å²) in [5.41, 5.74) is 1.27. The highest BCUT2D eigenvalue weighted by molar-refractivity contribution is 9.10. The molecular weight excluding hydrogens is 457 g/mol. The molecule has 10 heteroatoms. The fourth-order valence-corrected chi connectivity index (χ4v) is 4.81. The Hall–Kier alpha value is -1.94. The van der Waals surface area contributed by atoms with E-state index >= 15 is 0 Å². The number of nitrogens with zero attached hydrogens (tertiary/aromatic N) is 3. The molecule has 1 atom stereocenters. The molecular formula is C18H16BrF3N4OS. The molecule has 0 aliphatic heterocycles. The Morgan fingerprint density at radius 2 is 2.11 bits per heavy atom. The van der Waals surface area contributed by atoms with Crippen LogP contribution in [0.15, 0.2) is 22.7 Å². The number of hydrogen-bond donors (Lipinski definition) is 1. The largest absolute Gasteiger partial charge is 0.436 e. The summed E-state index contributed by atoms with van der Waals surface area (Å²) in [4.78, 5) is 17.1. The average molecular weight is 473 g/mol. The normalized spacial score (nSPS) is 15.8. The van der Waals surface area contributed by atoms with Crippen molar-refractivity contribution >= 4 is 48.5 Å². The van der Waals surface area contributed by atoms with Gasteiger partial charge in [-0.05, 0) is 60.3 Å². The number of nitrogens with one attached hydrogen (secondary N) is 1. The van der Waals surface area contributed by atoms with Crippen LogP contribution in [0.5, 0.6) is 0 Å². The summed E-state index contributed by atoms with van der Waals surface area (Å²) in [5.74, 6) is -0.472. The van der Waals surface area contributed by atoms with Gasteiger partial charge in [-0.15, -0.1) is 0 Å². The zero-order valence-electron chi connectivity index (χ0n) is 15.0. The fraction of sp³-hybridized carbons (Fsp3) is 0.389. The molecule has 0 radical (unpaired) electrons. The first kappa shape index (κ1) is 19.4. The minimum Gasteiger partial charge on any atom is -0.300 e. The number of carbonyl (C=O) groups is 1. The zero-order valence-corrected chi connectivity index (χ0v) is 17.4. The van der Waals surface area contributed by atoms with Gasteiger partial charge in [-0.2, -0.15) is 18.3 Å². The first-order chi connectivity index (χ1) is 13.1. The Labute approximate surface area is 171 Å². The molecule has 1 N–H and O–H groups in total. The van der Waals surface area contributed by atoms with Crippen molar-refractivity contribution in [3.05, 3.63) is 39.6 Å². The van der Waals surface area contributed by atoms with Gasteiger partial charge in [0.15, 0.2) is 10.8 Å². The van der Waals surface area contributed by atoms with E-state index in [1.165, 1.54) is 22.9 Å². The van der Waals surface area contributed by atoms with Crippen LogP contribution in [0.1, 0.15) is 48.7 Å². The molecule has 28 heavy (non-hydrogen) atoms. The molecule has 1 aliphatic rings. The number of hydrogen-bond acceptors (Lipinski definition) is 4. The molecule has 1 saturated carbocycles. The molecule has 1 aliphatic carbocycles. The predicted molar refractivity (Wildman–Crippen MR) is 105 cm³/mol. The van der Waals surface area contributed by atoms with Crippen LogP contribution in [-0.4, -0.2) is 20.7 Å². The van der Waals surface area contributed by atoms with Crippen molar-refractivity contribution in [3.63, 3.8) is 0 Å². The summed E-state index contributed by atoms with van der Waals surface area (Å²) in [7, 11) is 0. The van der Waals surface area contributed by atoms with E-state index in [0.717, 1.165) is 28.6 Å². The van der Waals surface area contributed by atoms with Gasteiger partial charge in [-0.25, -0.2) is 4.98 Å². The minimum absolute atomic E-state index is 0.0151. The number of thiazole rings is 1. The number of amides is 1. The maximum Gasteiger partial charge on any atom is 0.436 e. The van der Waals surface area contributed by atoms with Crippen molar-refractivity contribution < 1.29 is 18.0 Å². The van der Waals surface area contributed by atoms with Gasteiger partial charge in [0.05, 0.1) is 20.4 Å². The van der Waals surface area contributed by atoms with Crippen molar-refractivity contribution in [2.45, 2.75) is 44.8 Å². The second-order valence-corrected chi connectivity index (χ2v) is 8.74. The van der Waals surface area contributed by atoms with E-state index < -0.39 is 23.8 Å². The lowest BCUT2D eigenvalue weighted by atomic mass is 10.2. The summed E-state index contributed by atoms with van der Waals surface area (Å²) in [5, 5.41) is 6.85. The molecule has 1 aromatic carbocycles. The Balaban J connectivity index is 1.63. The van der Waals surface area contributed by atoms with Gasteiger partial charge < -0.3 is 5.32 Å². The molecule has 1 amide bonds. The van der Waals surface area contributed by atoms with Crippen molar-refractivity contribution in [2.75, 3.05) is 5.32 Å². The number of anilines is 1. The maximum absolute atomic E-state index is 13.3. The molecule has 3 aromatic rings. The van der Waals surface area contributed by atoms with Crippen LogP contribution in [0.3, 0.4) is 0 Å². The molecule has 2 aromatic heterocycles. The van der Waals surface area contributed by atoms with Crippen molar-refractivity contribution in [1.82, 2.24) is 14.8 Å². The summed E-state index contributed by atoms with van der Waals surface area (Å²) in [6.07, 6.45) is -3.02. The Morgan fingerprint density at radius 3 is 2.75 bits per heavy atom. The van der Waals surface area contributed by atoms with Crippen LogP contribution in [0.2, 0.25) is 0 Å². The van der Waals surface area contributed by atoms with Gasteiger partial charge >= 0.3 is 6.18 Å². The predicted octanol–water partition coefficient (Wildman–Crippen LogP) is 5.66. The lowest BCUT2D eigenvalue weighted by molar-refractivity contribution is -0.142. The highest BCUT2D eigenvalue weighted by Crippen LogP contribution is 2.47. The van der Waals surface area contributed by atoms with Gasteiger partial charge in [-0.1, -0.05) is 17.4 Å². The van der Waals surface area contributed by atoms with Gasteiger partial charge in [0.25, 0.3) is 5.91 Å². The topological polar surface area (TPSA) is 59.8 Å². The number of halogens is 4. The SMILES string of the molecule is Cc1ccc2nc(NC(=O)C(C)n3nc(C(F)(F)F)c(Br)c3C3CC3)sc2c1. The van der Waals surface area contributed by atoms with Crippen LogP contribution >= 0.6 is 27.3 Å². The van der Waals surface area contributed by atoms with Crippen molar-refractivity contribution in [2.24, 2.45) is 0 Å². The summed E-state index contributed by atoms with van der Waals surface area (Å²) in [6.45, 7) is 3.50. The number of aromatic nitrogens is 3. The third-order valence-corrected chi connectivity index (χ3v) is 6.36. The average Bonchev–Trinajstić information content (AvgIpc) is 3.26. The third kappa shape index (κ3) is 3.55. The monoisotopic (exact) mass is 472 g/mol. The van der Waals surface area contributed by atoms with Crippen LogP contribution in [0, 0.1) is 6.92 Å². The molecule has 5 nitrogen and oxygen atoms in total. The van der Waals surface area contributed by atoms with Crippen molar-refractivity contribution in [3.8, 4) is 0 Å². The van der Waals surface area contributed by atoms with Crippen LogP contribution in [-0.2, 0) is 11.0 Å². The quantitative estimate of drug-likeness (QED) is 0.532. The van der Waals surface area contributed by atoms with E-state index in [-0.39, 0.29) is 10.4 Å². The molecule has 1 fully saturated rings. The van der Waals surface area contributed by atoms with E-state index in [1.54, 1.807) is 0 Å². The Morgan fingerprint density at radius 1 is 1.39 bits per heavy atom. The van der Waals surface area contributed by atoms with Gasteiger partial charge in [0, 0.05) is 5.92 Å². The Kier molecular flexibility index (Phi) is 4.73. The van der Waals surface area contributed by atoms with Gasteiger partial charge in [-0.3, -0.25) is 9.48 Å². The minimum atomic E-state index is -4.59. The van der Waals surface area contributed by atoms with Crippen molar-refractivity contribution in [1.29, 1.82) is 0 Å². The lowest BCUT2D eigenvalue weighted by Gasteiger charge is -2.14. The van der Waals surface area contributed by atoms with Crippen LogP contribution < -0.4 is 5.32 Å². The van der Waals surface area contributed by atoms with E-state index in [9.17, 15) is 18.0 Å². The second kappa shape index (κ2) is 6.84. The van der Waals surface area contributed by atoms with E-state index in [0.29, 0.717) is 10.8 Å². The maximum atomic E-state index is 13.3. The smallest absolute Gasteiger partial charge is 0.300 e. The summed E-state index contributed by atoms with van der Waals surface area (Å²) >= 11 is 4.37.